The van der Waals surface area contributed by atoms with Crippen molar-refractivity contribution in [3.8, 4) is 0 Å². The Balaban J connectivity index is 3.98. The second kappa shape index (κ2) is 8.91. The molecule has 19 heavy (non-hydrogen) atoms. The van der Waals surface area contributed by atoms with Gasteiger partial charge in [-0.05, 0) is 31.2 Å². The molecule has 1 amide bonds. The number of carbonyl (C=O) groups is 2. The van der Waals surface area contributed by atoms with E-state index in [-0.39, 0.29) is 17.9 Å². The van der Waals surface area contributed by atoms with Gasteiger partial charge in [-0.1, -0.05) is 27.2 Å². The first-order chi connectivity index (χ1) is 8.76. The number of carbonyl (C=O) groups excluding carboxylic acids is 1. The van der Waals surface area contributed by atoms with Gasteiger partial charge in [0.25, 0.3) is 0 Å². The molecule has 0 aliphatic rings. The molecule has 0 aliphatic heterocycles. The van der Waals surface area contributed by atoms with Gasteiger partial charge in [-0.3, -0.25) is 9.59 Å². The van der Waals surface area contributed by atoms with Crippen LogP contribution in [0.3, 0.4) is 0 Å². The first-order valence-electron chi connectivity index (χ1n) is 6.96. The number of carboxylic acids is 1. The molecule has 0 saturated carbocycles. The van der Waals surface area contributed by atoms with Crippen LogP contribution in [0.2, 0.25) is 0 Å². The van der Waals surface area contributed by atoms with Gasteiger partial charge in [0.1, 0.15) is 0 Å². The summed E-state index contributed by atoms with van der Waals surface area (Å²) in [7, 11) is 0. The maximum absolute atomic E-state index is 11.6. The Morgan fingerprint density at radius 2 is 1.84 bits per heavy atom. The first kappa shape index (κ1) is 17.9. The maximum atomic E-state index is 11.6. The first-order valence-corrected chi connectivity index (χ1v) is 6.96. The van der Waals surface area contributed by atoms with Gasteiger partial charge in [-0.25, -0.2) is 0 Å². The molecule has 0 aromatic rings. The van der Waals surface area contributed by atoms with Crippen molar-refractivity contribution < 1.29 is 14.7 Å². The normalized spacial score (nSPS) is 13.1. The van der Waals surface area contributed by atoms with E-state index in [2.05, 4.69) is 5.32 Å². The molecule has 0 rings (SSSR count). The highest BCUT2D eigenvalue weighted by Gasteiger charge is 2.24. The zero-order valence-corrected chi connectivity index (χ0v) is 12.4. The van der Waals surface area contributed by atoms with E-state index in [1.165, 1.54) is 0 Å². The van der Waals surface area contributed by atoms with E-state index < -0.39 is 11.9 Å². The molecule has 0 heterocycles. The molecule has 0 spiro atoms. The Bertz CT molecular complexity index is 285. The average Bonchev–Trinajstić information content (AvgIpc) is 2.28. The Hall–Kier alpha value is -1.10. The van der Waals surface area contributed by atoms with Gasteiger partial charge in [0.15, 0.2) is 0 Å². The number of rotatable bonds is 9. The Morgan fingerprint density at radius 3 is 2.32 bits per heavy atom. The molecule has 4 N–H and O–H groups in total. The number of carboxylic acid groups (broad SMARTS) is 1. The largest absolute Gasteiger partial charge is 0.481 e. The number of nitrogens with one attached hydrogen (secondary N) is 1. The number of nitrogens with two attached hydrogens (primary N) is 1. The SMILES string of the molecule is CC(C)(C)CC(CNC(=O)CCCCCN)C(=O)O. The van der Waals surface area contributed by atoms with E-state index in [0.717, 1.165) is 19.3 Å². The van der Waals surface area contributed by atoms with E-state index in [4.69, 9.17) is 10.8 Å². The lowest BCUT2D eigenvalue weighted by atomic mass is 9.84. The summed E-state index contributed by atoms with van der Waals surface area (Å²) in [4.78, 5) is 22.7. The van der Waals surface area contributed by atoms with Gasteiger partial charge in [0.2, 0.25) is 5.91 Å². The molecule has 0 aromatic heterocycles. The second-order valence-electron chi connectivity index (χ2n) is 6.20. The molecule has 1 unspecified atom stereocenters. The van der Waals surface area contributed by atoms with E-state index in [1.54, 1.807) is 0 Å². The average molecular weight is 272 g/mol. The minimum absolute atomic E-state index is 0.0606. The molecule has 0 aliphatic carbocycles. The van der Waals surface area contributed by atoms with Crippen LogP contribution in [0.25, 0.3) is 0 Å². The minimum atomic E-state index is -0.849. The topological polar surface area (TPSA) is 92.4 Å². The molecule has 5 nitrogen and oxygen atoms in total. The van der Waals surface area contributed by atoms with Crippen molar-refractivity contribution in [2.45, 2.75) is 52.9 Å². The van der Waals surface area contributed by atoms with E-state index in [0.29, 0.717) is 19.4 Å². The van der Waals surface area contributed by atoms with Gasteiger partial charge in [0, 0.05) is 13.0 Å². The zero-order valence-electron chi connectivity index (χ0n) is 12.4. The lowest BCUT2D eigenvalue weighted by molar-refractivity contribution is -0.142. The highest BCUT2D eigenvalue weighted by Crippen LogP contribution is 2.24. The molecule has 0 aromatic carbocycles. The molecule has 0 saturated heterocycles. The summed E-state index contributed by atoms with van der Waals surface area (Å²) in [6.07, 6.45) is 3.67. The Morgan fingerprint density at radius 1 is 1.21 bits per heavy atom. The molecule has 0 radical (unpaired) electrons. The third kappa shape index (κ3) is 10.5. The summed E-state index contributed by atoms with van der Waals surface area (Å²) < 4.78 is 0. The van der Waals surface area contributed by atoms with Crippen molar-refractivity contribution in [3.63, 3.8) is 0 Å². The highest BCUT2D eigenvalue weighted by atomic mass is 16.4. The number of aliphatic carboxylic acids is 1. The number of unbranched alkanes of at least 4 members (excludes halogenated alkanes) is 2. The molecule has 0 fully saturated rings. The number of hydrogen-bond donors (Lipinski definition) is 3. The molecule has 112 valence electrons. The van der Waals surface area contributed by atoms with Crippen LogP contribution in [0.15, 0.2) is 0 Å². The van der Waals surface area contributed by atoms with Crippen molar-refractivity contribution in [3.05, 3.63) is 0 Å². The van der Waals surface area contributed by atoms with Gasteiger partial charge in [0.05, 0.1) is 5.92 Å². The molecule has 1 atom stereocenters. The van der Waals surface area contributed by atoms with Crippen molar-refractivity contribution in [1.29, 1.82) is 0 Å². The monoisotopic (exact) mass is 272 g/mol. The van der Waals surface area contributed by atoms with Crippen LogP contribution >= 0.6 is 0 Å². The highest BCUT2D eigenvalue weighted by molar-refractivity contribution is 5.77. The summed E-state index contributed by atoms with van der Waals surface area (Å²) in [5, 5.41) is 11.8. The molecular weight excluding hydrogens is 244 g/mol. The fraction of sp³-hybridized carbons (Fsp3) is 0.857. The van der Waals surface area contributed by atoms with E-state index in [1.807, 2.05) is 20.8 Å². The second-order valence-corrected chi connectivity index (χ2v) is 6.20. The lowest BCUT2D eigenvalue weighted by Crippen LogP contribution is -2.34. The third-order valence-electron chi connectivity index (χ3n) is 2.86. The van der Waals surface area contributed by atoms with Crippen LogP contribution in [-0.2, 0) is 9.59 Å². The van der Waals surface area contributed by atoms with Crippen LogP contribution in [0, 0.1) is 11.3 Å². The summed E-state index contributed by atoms with van der Waals surface area (Å²) in [6, 6.07) is 0. The van der Waals surface area contributed by atoms with Crippen LogP contribution in [0.4, 0.5) is 0 Å². The lowest BCUT2D eigenvalue weighted by Gasteiger charge is -2.23. The van der Waals surface area contributed by atoms with E-state index >= 15 is 0 Å². The Kier molecular flexibility index (Phi) is 8.39. The summed E-state index contributed by atoms with van der Waals surface area (Å²) in [5.74, 6) is -1.44. The predicted octanol–water partition coefficient (Wildman–Crippen LogP) is 1.76. The quantitative estimate of drug-likeness (QED) is 0.558. The third-order valence-corrected chi connectivity index (χ3v) is 2.86. The van der Waals surface area contributed by atoms with Crippen molar-refractivity contribution in [1.82, 2.24) is 5.32 Å². The van der Waals surface area contributed by atoms with Crippen molar-refractivity contribution >= 4 is 11.9 Å². The zero-order chi connectivity index (χ0) is 14.9. The van der Waals surface area contributed by atoms with Gasteiger partial charge in [-0.15, -0.1) is 0 Å². The van der Waals surface area contributed by atoms with E-state index in [9.17, 15) is 9.59 Å². The van der Waals surface area contributed by atoms with Gasteiger partial charge in [-0.2, -0.15) is 0 Å². The van der Waals surface area contributed by atoms with Crippen LogP contribution < -0.4 is 11.1 Å². The summed E-state index contributed by atoms with van der Waals surface area (Å²) >= 11 is 0. The van der Waals surface area contributed by atoms with Crippen molar-refractivity contribution in [2.75, 3.05) is 13.1 Å². The molecular formula is C14H28N2O3. The summed E-state index contributed by atoms with van der Waals surface area (Å²) in [6.45, 7) is 6.85. The van der Waals surface area contributed by atoms with Crippen LogP contribution in [-0.4, -0.2) is 30.1 Å². The minimum Gasteiger partial charge on any atom is -0.481 e. The predicted molar refractivity (Wildman–Crippen MR) is 75.7 cm³/mol. The Labute approximate surface area is 115 Å². The smallest absolute Gasteiger partial charge is 0.308 e. The molecule has 0 bridgehead atoms. The number of amides is 1. The van der Waals surface area contributed by atoms with Crippen molar-refractivity contribution in [2.24, 2.45) is 17.1 Å². The summed E-state index contributed by atoms with van der Waals surface area (Å²) in [5.41, 5.74) is 5.31. The maximum Gasteiger partial charge on any atom is 0.308 e. The standard InChI is InChI=1S/C14H28N2O3/c1-14(2,3)9-11(13(18)19)10-16-12(17)7-5-4-6-8-15/h11H,4-10,15H2,1-3H3,(H,16,17)(H,18,19). The van der Waals surface area contributed by atoms with Gasteiger partial charge < -0.3 is 16.2 Å². The van der Waals surface area contributed by atoms with Gasteiger partial charge >= 0.3 is 5.97 Å². The van der Waals surface area contributed by atoms with Crippen LogP contribution in [0.1, 0.15) is 52.9 Å². The molecule has 5 heteroatoms. The number of hydrogen-bond acceptors (Lipinski definition) is 3. The fourth-order valence-corrected chi connectivity index (χ4v) is 1.92. The fourth-order valence-electron chi connectivity index (χ4n) is 1.92. The van der Waals surface area contributed by atoms with Crippen LogP contribution in [0.5, 0.6) is 0 Å².